The topological polar surface area (TPSA) is 55.1 Å². The molecule has 19 heavy (non-hydrogen) atoms. The standard InChI is InChI=1S/C15H21ClN2O/c1-14(2,9-11-4-3-5-12(16)8-11)10-18-13(19)15(17)6-7-15/h3-5,8H,6-7,9-10,17H2,1-2H3,(H,18,19). The number of benzene rings is 1. The van der Waals surface area contributed by atoms with Gasteiger partial charge in [0.1, 0.15) is 0 Å². The first-order valence-electron chi connectivity index (χ1n) is 6.62. The molecule has 1 amide bonds. The second kappa shape index (κ2) is 5.14. The number of nitrogens with two attached hydrogens (primary N) is 1. The molecule has 1 aliphatic rings. The maximum Gasteiger partial charge on any atom is 0.240 e. The Morgan fingerprint density at radius 3 is 2.74 bits per heavy atom. The van der Waals surface area contributed by atoms with E-state index >= 15 is 0 Å². The summed E-state index contributed by atoms with van der Waals surface area (Å²) in [7, 11) is 0. The molecule has 0 radical (unpaired) electrons. The third-order valence-corrected chi connectivity index (χ3v) is 3.78. The van der Waals surface area contributed by atoms with Gasteiger partial charge in [-0.25, -0.2) is 0 Å². The van der Waals surface area contributed by atoms with E-state index in [1.807, 2.05) is 18.2 Å². The first-order valence-corrected chi connectivity index (χ1v) is 7.00. The molecule has 3 N–H and O–H groups in total. The van der Waals surface area contributed by atoms with E-state index in [-0.39, 0.29) is 11.3 Å². The van der Waals surface area contributed by atoms with Gasteiger partial charge >= 0.3 is 0 Å². The van der Waals surface area contributed by atoms with Gasteiger partial charge in [-0.2, -0.15) is 0 Å². The molecular formula is C15H21ClN2O. The lowest BCUT2D eigenvalue weighted by Gasteiger charge is -2.26. The highest BCUT2D eigenvalue weighted by Crippen LogP contribution is 2.32. The maximum absolute atomic E-state index is 11.8. The monoisotopic (exact) mass is 280 g/mol. The number of nitrogens with one attached hydrogen (secondary N) is 1. The Hall–Kier alpha value is -1.06. The minimum absolute atomic E-state index is 0.0216. The first kappa shape index (κ1) is 14.4. The van der Waals surface area contributed by atoms with E-state index in [9.17, 15) is 4.79 Å². The Morgan fingerprint density at radius 1 is 1.47 bits per heavy atom. The van der Waals surface area contributed by atoms with Crippen molar-refractivity contribution in [2.24, 2.45) is 11.1 Å². The summed E-state index contributed by atoms with van der Waals surface area (Å²) in [6.45, 7) is 4.88. The van der Waals surface area contributed by atoms with Gasteiger partial charge in [-0.15, -0.1) is 0 Å². The van der Waals surface area contributed by atoms with Crippen LogP contribution in [0.5, 0.6) is 0 Å². The van der Waals surface area contributed by atoms with Crippen molar-refractivity contribution in [2.45, 2.75) is 38.6 Å². The van der Waals surface area contributed by atoms with Gasteiger partial charge in [-0.1, -0.05) is 37.6 Å². The molecule has 0 unspecified atom stereocenters. The zero-order chi connectivity index (χ0) is 14.1. The molecule has 0 bridgehead atoms. The zero-order valence-electron chi connectivity index (χ0n) is 11.5. The van der Waals surface area contributed by atoms with Crippen LogP contribution in [0.1, 0.15) is 32.3 Å². The fraction of sp³-hybridized carbons (Fsp3) is 0.533. The highest BCUT2D eigenvalue weighted by Gasteiger charge is 2.46. The van der Waals surface area contributed by atoms with Crippen LogP contribution in [0.25, 0.3) is 0 Å². The van der Waals surface area contributed by atoms with E-state index in [0.29, 0.717) is 6.54 Å². The van der Waals surface area contributed by atoms with Crippen molar-refractivity contribution in [3.8, 4) is 0 Å². The van der Waals surface area contributed by atoms with Crippen molar-refractivity contribution in [2.75, 3.05) is 6.54 Å². The van der Waals surface area contributed by atoms with E-state index in [1.54, 1.807) is 0 Å². The van der Waals surface area contributed by atoms with Gasteiger partial charge in [-0.05, 0) is 42.4 Å². The number of hydrogen-bond acceptors (Lipinski definition) is 2. The van der Waals surface area contributed by atoms with Crippen molar-refractivity contribution in [3.05, 3.63) is 34.9 Å². The summed E-state index contributed by atoms with van der Waals surface area (Å²) in [6.07, 6.45) is 2.46. The van der Waals surface area contributed by atoms with Crippen LogP contribution in [-0.2, 0) is 11.2 Å². The zero-order valence-corrected chi connectivity index (χ0v) is 12.3. The van der Waals surface area contributed by atoms with Crippen molar-refractivity contribution in [1.29, 1.82) is 0 Å². The maximum atomic E-state index is 11.8. The molecule has 0 heterocycles. The highest BCUT2D eigenvalue weighted by molar-refractivity contribution is 6.30. The molecule has 1 fully saturated rings. The minimum atomic E-state index is -0.591. The molecule has 0 aromatic heterocycles. The summed E-state index contributed by atoms with van der Waals surface area (Å²) in [5.41, 5.74) is 6.43. The number of hydrogen-bond donors (Lipinski definition) is 2. The number of amides is 1. The molecule has 3 nitrogen and oxygen atoms in total. The molecule has 1 aromatic rings. The van der Waals surface area contributed by atoms with E-state index in [4.69, 9.17) is 17.3 Å². The quantitative estimate of drug-likeness (QED) is 0.871. The molecule has 1 aliphatic carbocycles. The molecule has 1 saturated carbocycles. The Morgan fingerprint density at radius 2 is 2.16 bits per heavy atom. The van der Waals surface area contributed by atoms with Gasteiger partial charge in [0.25, 0.3) is 0 Å². The third kappa shape index (κ3) is 3.95. The Balaban J connectivity index is 1.89. The molecule has 0 spiro atoms. The van der Waals surface area contributed by atoms with Crippen LogP contribution in [0.4, 0.5) is 0 Å². The summed E-state index contributed by atoms with van der Waals surface area (Å²) in [5.74, 6) is -0.0216. The third-order valence-electron chi connectivity index (χ3n) is 3.54. The molecule has 0 saturated heterocycles. The van der Waals surface area contributed by atoms with Gasteiger partial charge < -0.3 is 11.1 Å². The number of halogens is 1. The molecule has 2 rings (SSSR count). The molecule has 0 aliphatic heterocycles. The smallest absolute Gasteiger partial charge is 0.240 e. The average Bonchev–Trinajstić information content (AvgIpc) is 3.05. The van der Waals surface area contributed by atoms with Gasteiger partial charge in [0.2, 0.25) is 5.91 Å². The molecule has 1 aromatic carbocycles. The van der Waals surface area contributed by atoms with Crippen LogP contribution in [0.3, 0.4) is 0 Å². The highest BCUT2D eigenvalue weighted by atomic mass is 35.5. The van der Waals surface area contributed by atoms with Gasteiger partial charge in [0.15, 0.2) is 0 Å². The second-order valence-electron chi connectivity index (χ2n) is 6.31. The normalized spacial score (nSPS) is 17.1. The SMILES string of the molecule is CC(C)(CNC(=O)C1(N)CC1)Cc1cccc(Cl)c1. The Kier molecular flexibility index (Phi) is 3.88. The summed E-state index contributed by atoms with van der Waals surface area (Å²) < 4.78 is 0. The molecular weight excluding hydrogens is 260 g/mol. The Labute approximate surface area is 119 Å². The van der Waals surface area contributed by atoms with Crippen LogP contribution in [0.2, 0.25) is 5.02 Å². The van der Waals surface area contributed by atoms with Crippen LogP contribution in [-0.4, -0.2) is 18.0 Å². The number of rotatable bonds is 5. The van der Waals surface area contributed by atoms with Crippen LogP contribution < -0.4 is 11.1 Å². The second-order valence-corrected chi connectivity index (χ2v) is 6.75. The lowest BCUT2D eigenvalue weighted by molar-refractivity contribution is -0.123. The summed E-state index contributed by atoms with van der Waals surface area (Å²) >= 11 is 5.98. The van der Waals surface area contributed by atoms with Gasteiger partial charge in [-0.3, -0.25) is 4.79 Å². The first-order chi connectivity index (χ1) is 8.81. The largest absolute Gasteiger partial charge is 0.354 e. The summed E-state index contributed by atoms with van der Waals surface area (Å²) in [6, 6.07) is 7.84. The van der Waals surface area contributed by atoms with E-state index in [0.717, 1.165) is 24.3 Å². The van der Waals surface area contributed by atoms with Crippen LogP contribution >= 0.6 is 11.6 Å². The molecule has 4 heteroatoms. The predicted octanol–water partition coefficient (Wildman–Crippen LogP) is 2.52. The molecule has 0 atom stereocenters. The lowest BCUT2D eigenvalue weighted by atomic mass is 9.85. The van der Waals surface area contributed by atoms with E-state index in [1.165, 1.54) is 5.56 Å². The van der Waals surface area contributed by atoms with Crippen LogP contribution in [0, 0.1) is 5.41 Å². The molecule has 104 valence electrons. The van der Waals surface area contributed by atoms with Gasteiger partial charge in [0, 0.05) is 11.6 Å². The fourth-order valence-corrected chi connectivity index (χ4v) is 2.33. The number of carbonyl (C=O) groups excluding carboxylic acids is 1. The van der Waals surface area contributed by atoms with Crippen molar-refractivity contribution in [3.63, 3.8) is 0 Å². The fourth-order valence-electron chi connectivity index (χ4n) is 2.12. The minimum Gasteiger partial charge on any atom is -0.354 e. The number of carbonyl (C=O) groups is 1. The van der Waals surface area contributed by atoms with Crippen LogP contribution in [0.15, 0.2) is 24.3 Å². The van der Waals surface area contributed by atoms with Gasteiger partial charge in [0.05, 0.1) is 5.54 Å². The Bertz CT molecular complexity index is 481. The summed E-state index contributed by atoms with van der Waals surface area (Å²) in [4.78, 5) is 11.8. The van der Waals surface area contributed by atoms with Crippen molar-refractivity contribution >= 4 is 17.5 Å². The average molecular weight is 281 g/mol. The van der Waals surface area contributed by atoms with E-state index in [2.05, 4.69) is 25.2 Å². The van der Waals surface area contributed by atoms with Crippen molar-refractivity contribution < 1.29 is 4.79 Å². The summed E-state index contributed by atoms with van der Waals surface area (Å²) in [5, 5.41) is 3.71. The van der Waals surface area contributed by atoms with Crippen molar-refractivity contribution in [1.82, 2.24) is 5.32 Å². The van der Waals surface area contributed by atoms with E-state index < -0.39 is 5.54 Å². The predicted molar refractivity (Wildman–Crippen MR) is 78.1 cm³/mol. The lowest BCUT2D eigenvalue weighted by Crippen LogP contribution is -2.46.